The molecule has 0 saturated heterocycles. The topological polar surface area (TPSA) is 60.2 Å². The third kappa shape index (κ3) is 3.16. The molecule has 0 atom stereocenters. The first kappa shape index (κ1) is 14.9. The highest BCUT2D eigenvalue weighted by Gasteiger charge is 2.19. The van der Waals surface area contributed by atoms with Gasteiger partial charge in [0.1, 0.15) is 0 Å². The predicted molar refractivity (Wildman–Crippen MR) is 75.8 cm³/mol. The molecule has 106 valence electrons. The standard InChI is InChI=1S/C13H10BrF2NO2S/c14-10-6-9(17)2-4-13(10)20(18,19)7-8-1-3-11(15)12(16)5-8/h1-6H,7,17H2. The average molecular weight is 362 g/mol. The number of benzene rings is 2. The third-order valence-electron chi connectivity index (χ3n) is 2.63. The minimum Gasteiger partial charge on any atom is -0.399 e. The van der Waals surface area contributed by atoms with Gasteiger partial charge in [-0.1, -0.05) is 6.07 Å². The van der Waals surface area contributed by atoms with Crippen LogP contribution in [0.4, 0.5) is 14.5 Å². The fourth-order valence-electron chi connectivity index (χ4n) is 1.70. The van der Waals surface area contributed by atoms with E-state index in [-0.39, 0.29) is 10.5 Å². The van der Waals surface area contributed by atoms with Gasteiger partial charge in [-0.25, -0.2) is 17.2 Å². The van der Waals surface area contributed by atoms with Crippen molar-refractivity contribution in [2.24, 2.45) is 0 Å². The number of nitrogens with two attached hydrogens (primary N) is 1. The summed E-state index contributed by atoms with van der Waals surface area (Å²) in [7, 11) is -3.68. The predicted octanol–water partition coefficient (Wildman–Crippen LogP) is 3.28. The van der Waals surface area contributed by atoms with Gasteiger partial charge in [-0.15, -0.1) is 0 Å². The number of hydrogen-bond donors (Lipinski definition) is 1. The zero-order valence-electron chi connectivity index (χ0n) is 10.1. The van der Waals surface area contributed by atoms with E-state index < -0.39 is 27.2 Å². The number of anilines is 1. The van der Waals surface area contributed by atoms with Crippen LogP contribution in [0.2, 0.25) is 0 Å². The molecule has 0 unspecified atom stereocenters. The summed E-state index contributed by atoms with van der Waals surface area (Å²) in [6, 6.07) is 7.31. The van der Waals surface area contributed by atoms with Crippen LogP contribution in [-0.2, 0) is 15.6 Å². The molecular weight excluding hydrogens is 352 g/mol. The van der Waals surface area contributed by atoms with Crippen LogP contribution in [0.15, 0.2) is 45.8 Å². The molecule has 2 aromatic carbocycles. The zero-order chi connectivity index (χ0) is 14.9. The third-order valence-corrected chi connectivity index (χ3v) is 5.29. The van der Waals surface area contributed by atoms with Crippen LogP contribution in [-0.4, -0.2) is 8.42 Å². The zero-order valence-corrected chi connectivity index (χ0v) is 12.5. The van der Waals surface area contributed by atoms with Gasteiger partial charge in [0.25, 0.3) is 0 Å². The summed E-state index contributed by atoms with van der Waals surface area (Å²) in [6.45, 7) is 0. The van der Waals surface area contributed by atoms with Crippen molar-refractivity contribution in [3.05, 3.63) is 58.1 Å². The maximum Gasteiger partial charge on any atom is 0.183 e. The normalized spacial score (nSPS) is 11.6. The smallest absolute Gasteiger partial charge is 0.183 e. The summed E-state index contributed by atoms with van der Waals surface area (Å²) >= 11 is 3.13. The Balaban J connectivity index is 2.38. The van der Waals surface area contributed by atoms with Crippen molar-refractivity contribution in [2.45, 2.75) is 10.6 Å². The van der Waals surface area contributed by atoms with Crippen LogP contribution in [0.1, 0.15) is 5.56 Å². The second-order valence-corrected chi connectivity index (χ2v) is 7.01. The second-order valence-electron chi connectivity index (χ2n) is 4.20. The molecular formula is C13H10BrF2NO2S. The van der Waals surface area contributed by atoms with Crippen molar-refractivity contribution in [3.63, 3.8) is 0 Å². The molecule has 2 rings (SSSR count). The van der Waals surface area contributed by atoms with Crippen molar-refractivity contribution >= 4 is 31.5 Å². The highest BCUT2D eigenvalue weighted by molar-refractivity contribution is 9.10. The summed E-state index contributed by atoms with van der Waals surface area (Å²) in [5, 5.41) is 0. The van der Waals surface area contributed by atoms with Crippen molar-refractivity contribution in [1.29, 1.82) is 0 Å². The molecule has 2 N–H and O–H groups in total. The van der Waals surface area contributed by atoms with E-state index in [9.17, 15) is 17.2 Å². The molecule has 0 aliphatic heterocycles. The first-order valence-corrected chi connectivity index (χ1v) is 7.96. The van der Waals surface area contributed by atoms with Crippen molar-refractivity contribution in [2.75, 3.05) is 5.73 Å². The van der Waals surface area contributed by atoms with Gasteiger partial charge in [0, 0.05) is 10.2 Å². The van der Waals surface area contributed by atoms with Crippen molar-refractivity contribution in [1.82, 2.24) is 0 Å². The minimum absolute atomic E-state index is 0.0523. The second kappa shape index (κ2) is 5.49. The fraction of sp³-hybridized carbons (Fsp3) is 0.0769. The molecule has 3 nitrogen and oxygen atoms in total. The molecule has 0 aromatic heterocycles. The van der Waals surface area contributed by atoms with Crippen LogP contribution in [0.5, 0.6) is 0 Å². The van der Waals surface area contributed by atoms with Crippen molar-refractivity contribution in [3.8, 4) is 0 Å². The van der Waals surface area contributed by atoms with Gasteiger partial charge in [-0.3, -0.25) is 0 Å². The van der Waals surface area contributed by atoms with Crippen LogP contribution in [0, 0.1) is 11.6 Å². The molecule has 0 radical (unpaired) electrons. The Morgan fingerprint density at radius 1 is 1.05 bits per heavy atom. The first-order valence-electron chi connectivity index (χ1n) is 5.51. The fourth-order valence-corrected chi connectivity index (χ4v) is 4.24. The Morgan fingerprint density at radius 2 is 1.75 bits per heavy atom. The summed E-state index contributed by atoms with van der Waals surface area (Å²) in [4.78, 5) is 0.0523. The molecule has 7 heteroatoms. The van der Waals surface area contributed by atoms with E-state index in [0.717, 1.165) is 12.1 Å². The lowest BCUT2D eigenvalue weighted by Crippen LogP contribution is -2.06. The van der Waals surface area contributed by atoms with Gasteiger partial charge >= 0.3 is 0 Å². The lowest BCUT2D eigenvalue weighted by molar-refractivity contribution is 0.507. The quantitative estimate of drug-likeness (QED) is 0.853. The Hall–Kier alpha value is -1.47. The van der Waals surface area contributed by atoms with Gasteiger partial charge in [-0.2, -0.15) is 0 Å². The monoisotopic (exact) mass is 361 g/mol. The van der Waals surface area contributed by atoms with E-state index in [2.05, 4.69) is 15.9 Å². The molecule has 0 fully saturated rings. The SMILES string of the molecule is Nc1ccc(S(=O)(=O)Cc2ccc(F)c(F)c2)c(Br)c1. The van der Waals surface area contributed by atoms with Gasteiger partial charge in [0.2, 0.25) is 0 Å². The van der Waals surface area contributed by atoms with E-state index in [1.807, 2.05) is 0 Å². The lowest BCUT2D eigenvalue weighted by Gasteiger charge is -2.08. The minimum atomic E-state index is -3.68. The number of rotatable bonds is 3. The van der Waals surface area contributed by atoms with Crippen LogP contribution < -0.4 is 5.73 Å². The van der Waals surface area contributed by atoms with Gasteiger partial charge in [0.15, 0.2) is 21.5 Å². The molecule has 0 spiro atoms. The molecule has 0 amide bonds. The Morgan fingerprint density at radius 3 is 2.35 bits per heavy atom. The van der Waals surface area contributed by atoms with Gasteiger partial charge < -0.3 is 5.73 Å². The molecule has 0 aliphatic carbocycles. The molecule has 2 aromatic rings. The molecule has 0 heterocycles. The lowest BCUT2D eigenvalue weighted by atomic mass is 10.2. The Labute approximate surface area is 123 Å². The van der Waals surface area contributed by atoms with Crippen LogP contribution in [0.3, 0.4) is 0 Å². The molecule has 0 bridgehead atoms. The number of nitrogen functional groups attached to an aromatic ring is 1. The van der Waals surface area contributed by atoms with Crippen LogP contribution in [0.25, 0.3) is 0 Å². The summed E-state index contributed by atoms with van der Waals surface area (Å²) in [6.07, 6.45) is 0. The first-order chi connectivity index (χ1) is 9.29. The Kier molecular flexibility index (Phi) is 4.10. The highest BCUT2D eigenvalue weighted by Crippen LogP contribution is 2.27. The van der Waals surface area contributed by atoms with E-state index in [1.165, 1.54) is 24.3 Å². The largest absolute Gasteiger partial charge is 0.399 e. The number of sulfone groups is 1. The van der Waals surface area contributed by atoms with Crippen molar-refractivity contribution < 1.29 is 17.2 Å². The number of hydrogen-bond acceptors (Lipinski definition) is 3. The van der Waals surface area contributed by atoms with E-state index in [0.29, 0.717) is 10.2 Å². The van der Waals surface area contributed by atoms with Gasteiger partial charge in [0.05, 0.1) is 10.6 Å². The maximum absolute atomic E-state index is 13.1. The molecule has 20 heavy (non-hydrogen) atoms. The van der Waals surface area contributed by atoms with E-state index in [1.54, 1.807) is 0 Å². The van der Waals surface area contributed by atoms with E-state index >= 15 is 0 Å². The maximum atomic E-state index is 13.1. The summed E-state index contributed by atoms with van der Waals surface area (Å²) in [5.41, 5.74) is 6.14. The molecule has 0 aliphatic rings. The average Bonchev–Trinajstić information content (AvgIpc) is 2.33. The van der Waals surface area contributed by atoms with Gasteiger partial charge in [-0.05, 0) is 51.8 Å². The number of halogens is 3. The summed E-state index contributed by atoms with van der Waals surface area (Å²) < 4.78 is 50.7. The summed E-state index contributed by atoms with van der Waals surface area (Å²) in [5.74, 6) is -2.51. The Bertz CT molecular complexity index is 763. The molecule has 0 saturated carbocycles. The van der Waals surface area contributed by atoms with Crippen LogP contribution >= 0.6 is 15.9 Å². The highest BCUT2D eigenvalue weighted by atomic mass is 79.9. The van der Waals surface area contributed by atoms with E-state index in [4.69, 9.17) is 5.73 Å².